The van der Waals surface area contributed by atoms with Crippen LogP contribution in [0.4, 0.5) is 4.39 Å². The molecule has 1 aromatic carbocycles. The average molecular weight is 248 g/mol. The van der Waals surface area contributed by atoms with Crippen molar-refractivity contribution >= 4 is 5.91 Å². The second kappa shape index (κ2) is 6.15. The van der Waals surface area contributed by atoms with Crippen LogP contribution in [0.3, 0.4) is 0 Å². The third kappa shape index (κ3) is 3.56. The molecular weight excluding hydrogens is 231 g/mol. The largest absolute Gasteiger partial charge is 0.329 e. The quantitative estimate of drug-likeness (QED) is 0.821. The second-order valence-electron chi connectivity index (χ2n) is 4.63. The fourth-order valence-corrected chi connectivity index (χ4v) is 1.74. The fraction of sp³-hybridized carbons (Fsp3) is 0.429. The van der Waals surface area contributed by atoms with E-state index < -0.39 is 6.04 Å². The number of rotatable bonds is 4. The number of benzene rings is 1. The Kier molecular flexibility index (Phi) is 4.85. The molecule has 0 aromatic heterocycles. The van der Waals surface area contributed by atoms with Crippen LogP contribution < -0.4 is 0 Å². The Morgan fingerprint density at radius 2 is 1.94 bits per heavy atom. The summed E-state index contributed by atoms with van der Waals surface area (Å²) in [6.07, 6.45) is 0.182. The smallest absolute Gasteiger partial charge is 0.227 e. The molecule has 0 radical (unpaired) electrons. The molecule has 0 saturated heterocycles. The predicted molar refractivity (Wildman–Crippen MR) is 67.1 cm³/mol. The van der Waals surface area contributed by atoms with Crippen LogP contribution in [-0.2, 0) is 11.2 Å². The van der Waals surface area contributed by atoms with Crippen LogP contribution >= 0.6 is 0 Å². The molecule has 0 aliphatic heterocycles. The van der Waals surface area contributed by atoms with Crippen molar-refractivity contribution < 1.29 is 9.18 Å². The predicted octanol–water partition coefficient (Wildman–Crippen LogP) is 2.37. The van der Waals surface area contributed by atoms with Crippen molar-refractivity contribution in [3.63, 3.8) is 0 Å². The molecule has 0 aliphatic carbocycles. The Labute approximate surface area is 107 Å². The first-order valence-electron chi connectivity index (χ1n) is 5.85. The average Bonchev–Trinajstić information content (AvgIpc) is 2.32. The van der Waals surface area contributed by atoms with Crippen LogP contribution in [-0.4, -0.2) is 23.9 Å². The van der Waals surface area contributed by atoms with Gasteiger partial charge in [0, 0.05) is 7.05 Å². The first-order chi connectivity index (χ1) is 8.45. The summed E-state index contributed by atoms with van der Waals surface area (Å²) < 4.78 is 12.7. The minimum absolute atomic E-state index is 0.0807. The lowest BCUT2D eigenvalue weighted by molar-refractivity contribution is -0.130. The minimum Gasteiger partial charge on any atom is -0.329 e. The number of halogens is 1. The summed E-state index contributed by atoms with van der Waals surface area (Å²) in [7, 11) is 1.62. The zero-order chi connectivity index (χ0) is 13.7. The number of hydrogen-bond donors (Lipinski definition) is 0. The molecule has 0 bridgehead atoms. The van der Waals surface area contributed by atoms with E-state index in [2.05, 4.69) is 6.07 Å². The summed E-state index contributed by atoms with van der Waals surface area (Å²) >= 11 is 0. The molecule has 0 heterocycles. The van der Waals surface area contributed by atoms with Gasteiger partial charge in [0.1, 0.15) is 11.9 Å². The van der Waals surface area contributed by atoms with Gasteiger partial charge in [-0.15, -0.1) is 0 Å². The molecule has 18 heavy (non-hydrogen) atoms. The van der Waals surface area contributed by atoms with Gasteiger partial charge in [-0.1, -0.05) is 26.0 Å². The summed E-state index contributed by atoms with van der Waals surface area (Å²) in [5.41, 5.74) is 0.744. The topological polar surface area (TPSA) is 44.1 Å². The van der Waals surface area contributed by atoms with E-state index in [1.54, 1.807) is 19.2 Å². The van der Waals surface area contributed by atoms with Gasteiger partial charge in [-0.3, -0.25) is 4.79 Å². The summed E-state index contributed by atoms with van der Waals surface area (Å²) in [6, 6.07) is 7.50. The SMILES string of the molecule is CC(C)C(C#N)N(C)C(=O)Cc1ccc(F)cc1. The van der Waals surface area contributed by atoms with E-state index in [1.807, 2.05) is 13.8 Å². The number of nitrogens with zero attached hydrogens (tertiary/aromatic N) is 2. The van der Waals surface area contributed by atoms with Crippen LogP contribution in [0.1, 0.15) is 19.4 Å². The van der Waals surface area contributed by atoms with E-state index in [0.717, 1.165) is 5.56 Å². The van der Waals surface area contributed by atoms with Crippen LogP contribution in [0.25, 0.3) is 0 Å². The number of carbonyl (C=O) groups excluding carboxylic acids is 1. The van der Waals surface area contributed by atoms with E-state index in [-0.39, 0.29) is 24.1 Å². The lowest BCUT2D eigenvalue weighted by Crippen LogP contribution is -2.40. The van der Waals surface area contributed by atoms with Crippen molar-refractivity contribution in [2.75, 3.05) is 7.05 Å². The fourth-order valence-electron chi connectivity index (χ4n) is 1.74. The zero-order valence-electron chi connectivity index (χ0n) is 10.9. The van der Waals surface area contributed by atoms with Crippen LogP contribution in [0.5, 0.6) is 0 Å². The monoisotopic (exact) mass is 248 g/mol. The number of carbonyl (C=O) groups is 1. The number of hydrogen-bond acceptors (Lipinski definition) is 2. The van der Waals surface area contributed by atoms with Crippen molar-refractivity contribution in [1.82, 2.24) is 4.90 Å². The minimum atomic E-state index is -0.432. The van der Waals surface area contributed by atoms with E-state index in [9.17, 15) is 9.18 Å². The Bertz CT molecular complexity index is 448. The maximum Gasteiger partial charge on any atom is 0.227 e. The molecule has 0 N–H and O–H groups in total. The van der Waals surface area contributed by atoms with E-state index in [1.165, 1.54) is 17.0 Å². The van der Waals surface area contributed by atoms with Crippen LogP contribution in [0.2, 0.25) is 0 Å². The highest BCUT2D eigenvalue weighted by Gasteiger charge is 2.22. The van der Waals surface area contributed by atoms with Gasteiger partial charge < -0.3 is 4.90 Å². The van der Waals surface area contributed by atoms with Crippen LogP contribution in [0.15, 0.2) is 24.3 Å². The summed E-state index contributed by atoms with van der Waals surface area (Å²) in [5, 5.41) is 9.02. The third-order valence-corrected chi connectivity index (χ3v) is 2.84. The molecule has 0 fully saturated rings. The van der Waals surface area contributed by atoms with Gasteiger partial charge in [0.2, 0.25) is 5.91 Å². The van der Waals surface area contributed by atoms with Gasteiger partial charge in [-0.2, -0.15) is 5.26 Å². The molecule has 3 nitrogen and oxygen atoms in total. The summed E-state index contributed by atoms with van der Waals surface area (Å²) in [4.78, 5) is 13.4. The zero-order valence-corrected chi connectivity index (χ0v) is 10.9. The molecule has 0 saturated carbocycles. The number of nitriles is 1. The van der Waals surface area contributed by atoms with E-state index in [0.29, 0.717) is 0 Å². The third-order valence-electron chi connectivity index (χ3n) is 2.84. The molecule has 1 amide bonds. The maximum atomic E-state index is 12.7. The van der Waals surface area contributed by atoms with Crippen molar-refractivity contribution in [2.45, 2.75) is 26.3 Å². The van der Waals surface area contributed by atoms with Crippen molar-refractivity contribution in [2.24, 2.45) is 5.92 Å². The lowest BCUT2D eigenvalue weighted by atomic mass is 10.0. The Balaban J connectivity index is 2.71. The van der Waals surface area contributed by atoms with E-state index >= 15 is 0 Å². The highest BCUT2D eigenvalue weighted by molar-refractivity contribution is 5.79. The molecule has 1 atom stereocenters. The lowest BCUT2D eigenvalue weighted by Gasteiger charge is -2.25. The molecule has 0 spiro atoms. The van der Waals surface area contributed by atoms with Crippen molar-refractivity contribution in [3.05, 3.63) is 35.6 Å². The first kappa shape index (κ1) is 14.2. The van der Waals surface area contributed by atoms with Crippen molar-refractivity contribution in [3.8, 4) is 6.07 Å². The summed E-state index contributed by atoms with van der Waals surface area (Å²) in [5.74, 6) is -0.379. The Morgan fingerprint density at radius 1 is 1.39 bits per heavy atom. The summed E-state index contributed by atoms with van der Waals surface area (Å²) in [6.45, 7) is 3.80. The normalized spacial score (nSPS) is 12.0. The molecule has 1 aromatic rings. The van der Waals surface area contributed by atoms with Gasteiger partial charge in [0.25, 0.3) is 0 Å². The molecular formula is C14H17FN2O. The maximum absolute atomic E-state index is 12.7. The van der Waals surface area contributed by atoms with Gasteiger partial charge in [0.05, 0.1) is 12.5 Å². The molecule has 96 valence electrons. The van der Waals surface area contributed by atoms with Gasteiger partial charge >= 0.3 is 0 Å². The molecule has 1 rings (SSSR count). The standard InChI is InChI=1S/C14H17FN2O/c1-10(2)13(9-16)17(3)14(18)8-11-4-6-12(15)7-5-11/h4-7,10,13H,8H2,1-3H3. The van der Waals surface area contributed by atoms with Gasteiger partial charge in [-0.05, 0) is 23.6 Å². The molecule has 0 aliphatic rings. The highest BCUT2D eigenvalue weighted by Crippen LogP contribution is 2.11. The molecule has 1 unspecified atom stereocenters. The molecule has 4 heteroatoms. The second-order valence-corrected chi connectivity index (χ2v) is 4.63. The van der Waals surface area contributed by atoms with Gasteiger partial charge in [-0.25, -0.2) is 4.39 Å². The highest BCUT2D eigenvalue weighted by atomic mass is 19.1. The Morgan fingerprint density at radius 3 is 2.39 bits per heavy atom. The van der Waals surface area contributed by atoms with E-state index in [4.69, 9.17) is 5.26 Å². The Hall–Kier alpha value is -1.89. The van der Waals surface area contributed by atoms with Crippen LogP contribution in [0, 0.1) is 23.1 Å². The van der Waals surface area contributed by atoms with Gasteiger partial charge in [0.15, 0.2) is 0 Å². The van der Waals surface area contributed by atoms with Crippen molar-refractivity contribution in [1.29, 1.82) is 5.26 Å². The first-order valence-corrected chi connectivity index (χ1v) is 5.85. The number of amides is 1. The number of likely N-dealkylation sites (N-methyl/N-ethyl adjacent to an activating group) is 1.